The Morgan fingerprint density at radius 2 is 2.05 bits per heavy atom. The second-order valence-corrected chi connectivity index (χ2v) is 5.41. The summed E-state index contributed by atoms with van der Waals surface area (Å²) in [6, 6.07) is 15.4. The number of benzene rings is 2. The maximum Gasteiger partial charge on any atom is 0.326 e. The van der Waals surface area contributed by atoms with E-state index in [0.29, 0.717) is 19.6 Å². The Balaban J connectivity index is 1.75. The number of likely N-dealkylation sites (N-methyl/N-ethyl adjacent to an activating group) is 1. The summed E-state index contributed by atoms with van der Waals surface area (Å²) in [4.78, 5) is 13.3. The molecular weight excluding hydrogens is 278 g/mol. The third-order valence-electron chi connectivity index (χ3n) is 4.02. The maximum absolute atomic E-state index is 11.4. The quantitative estimate of drug-likeness (QED) is 0.921. The molecule has 22 heavy (non-hydrogen) atoms. The fraction of sp³-hybridized carbons (Fsp3) is 0.278. The van der Waals surface area contributed by atoms with Crippen molar-refractivity contribution in [3.8, 4) is 5.75 Å². The number of ether oxygens (including phenoxy) is 1. The molecule has 0 aromatic heterocycles. The Labute approximate surface area is 130 Å². The summed E-state index contributed by atoms with van der Waals surface area (Å²) in [6.07, 6.45) is 0.529. The van der Waals surface area contributed by atoms with Crippen molar-refractivity contribution in [2.45, 2.75) is 26.0 Å². The lowest BCUT2D eigenvalue weighted by molar-refractivity contribution is -0.138. The second kappa shape index (κ2) is 6.10. The number of hydrogen-bond acceptors (Lipinski definition) is 3. The number of hydrogen-bond donors (Lipinski definition) is 1. The molecule has 2 aromatic rings. The van der Waals surface area contributed by atoms with Gasteiger partial charge >= 0.3 is 5.97 Å². The summed E-state index contributed by atoms with van der Waals surface area (Å²) in [6.45, 7) is 3.18. The predicted molar refractivity (Wildman–Crippen MR) is 85.4 cm³/mol. The van der Waals surface area contributed by atoms with Crippen LogP contribution in [-0.2, 0) is 17.8 Å². The first-order valence-electron chi connectivity index (χ1n) is 7.48. The van der Waals surface area contributed by atoms with E-state index in [9.17, 15) is 9.90 Å². The summed E-state index contributed by atoms with van der Waals surface area (Å²) < 4.78 is 5.82. The van der Waals surface area contributed by atoms with Gasteiger partial charge in [0.1, 0.15) is 18.4 Å². The molecular formula is C18H19NO3. The van der Waals surface area contributed by atoms with Crippen LogP contribution < -0.4 is 9.64 Å². The van der Waals surface area contributed by atoms with Gasteiger partial charge in [-0.2, -0.15) is 0 Å². The van der Waals surface area contributed by atoms with Crippen LogP contribution in [0.2, 0.25) is 0 Å². The normalized spacial score (nSPS) is 16.4. The van der Waals surface area contributed by atoms with Crippen LogP contribution in [-0.4, -0.2) is 23.7 Å². The van der Waals surface area contributed by atoms with Gasteiger partial charge in [-0.1, -0.05) is 30.3 Å². The van der Waals surface area contributed by atoms with Gasteiger partial charge in [0.25, 0.3) is 0 Å². The molecule has 2 aromatic carbocycles. The summed E-state index contributed by atoms with van der Waals surface area (Å²) in [5, 5.41) is 9.34. The van der Waals surface area contributed by atoms with E-state index in [2.05, 4.69) is 0 Å². The van der Waals surface area contributed by atoms with Crippen molar-refractivity contribution in [2.75, 3.05) is 11.4 Å². The number of carboxylic acid groups (broad SMARTS) is 1. The van der Waals surface area contributed by atoms with E-state index in [4.69, 9.17) is 4.74 Å². The van der Waals surface area contributed by atoms with Crippen molar-refractivity contribution in [3.63, 3.8) is 0 Å². The highest BCUT2D eigenvalue weighted by Gasteiger charge is 2.33. The average Bonchev–Trinajstić information content (AvgIpc) is 2.92. The third-order valence-corrected chi connectivity index (χ3v) is 4.02. The van der Waals surface area contributed by atoms with Gasteiger partial charge in [0.15, 0.2) is 0 Å². The van der Waals surface area contributed by atoms with E-state index in [1.54, 1.807) is 0 Å². The largest absolute Gasteiger partial charge is 0.489 e. The Hall–Kier alpha value is -2.49. The summed E-state index contributed by atoms with van der Waals surface area (Å²) >= 11 is 0. The highest BCUT2D eigenvalue weighted by atomic mass is 16.5. The number of nitrogens with zero attached hydrogens (tertiary/aromatic N) is 1. The van der Waals surface area contributed by atoms with Crippen molar-refractivity contribution in [2.24, 2.45) is 0 Å². The molecule has 0 amide bonds. The molecule has 1 aliphatic heterocycles. The fourth-order valence-electron chi connectivity index (χ4n) is 2.93. The molecule has 4 heteroatoms. The summed E-state index contributed by atoms with van der Waals surface area (Å²) in [7, 11) is 0. The molecule has 0 radical (unpaired) electrons. The van der Waals surface area contributed by atoms with Gasteiger partial charge in [-0.05, 0) is 36.2 Å². The van der Waals surface area contributed by atoms with Crippen LogP contribution in [0.15, 0.2) is 48.5 Å². The first-order chi connectivity index (χ1) is 10.7. The Morgan fingerprint density at radius 3 is 2.73 bits per heavy atom. The van der Waals surface area contributed by atoms with E-state index >= 15 is 0 Å². The van der Waals surface area contributed by atoms with Gasteiger partial charge in [0.05, 0.1) is 0 Å². The topological polar surface area (TPSA) is 49.8 Å². The van der Waals surface area contributed by atoms with Gasteiger partial charge in [-0.15, -0.1) is 0 Å². The number of rotatable bonds is 5. The summed E-state index contributed by atoms with van der Waals surface area (Å²) in [5.41, 5.74) is 3.16. The molecule has 1 unspecified atom stereocenters. The molecule has 114 valence electrons. The average molecular weight is 297 g/mol. The highest BCUT2D eigenvalue weighted by Crippen LogP contribution is 2.34. The monoisotopic (exact) mass is 297 g/mol. The van der Waals surface area contributed by atoms with Crippen molar-refractivity contribution in [3.05, 3.63) is 59.7 Å². The van der Waals surface area contributed by atoms with E-state index in [-0.39, 0.29) is 0 Å². The zero-order valence-corrected chi connectivity index (χ0v) is 12.5. The van der Waals surface area contributed by atoms with Crippen LogP contribution in [0.25, 0.3) is 0 Å². The summed E-state index contributed by atoms with van der Waals surface area (Å²) in [5.74, 6) is 0.00880. The van der Waals surface area contributed by atoms with Crippen LogP contribution in [0, 0.1) is 0 Å². The molecule has 0 fully saturated rings. The zero-order chi connectivity index (χ0) is 15.5. The van der Waals surface area contributed by atoms with Crippen LogP contribution in [0.3, 0.4) is 0 Å². The van der Waals surface area contributed by atoms with Gasteiger partial charge < -0.3 is 14.7 Å². The molecule has 1 atom stereocenters. The SMILES string of the molecule is CCN1c2ccc(OCc3ccccc3)cc2CC1C(=O)O. The first-order valence-corrected chi connectivity index (χ1v) is 7.48. The van der Waals surface area contributed by atoms with Crippen molar-refractivity contribution in [1.82, 2.24) is 0 Å². The number of aliphatic carboxylic acids is 1. The van der Waals surface area contributed by atoms with E-state index in [1.165, 1.54) is 0 Å². The predicted octanol–water partition coefficient (Wildman–Crippen LogP) is 3.10. The number of anilines is 1. The van der Waals surface area contributed by atoms with Crippen molar-refractivity contribution >= 4 is 11.7 Å². The lowest BCUT2D eigenvalue weighted by Gasteiger charge is -2.22. The smallest absolute Gasteiger partial charge is 0.326 e. The van der Waals surface area contributed by atoms with Crippen LogP contribution in [0.5, 0.6) is 5.75 Å². The van der Waals surface area contributed by atoms with Crippen molar-refractivity contribution in [1.29, 1.82) is 0 Å². The van der Waals surface area contributed by atoms with Gasteiger partial charge in [0, 0.05) is 18.7 Å². The number of fused-ring (bicyclic) bond motifs is 1. The maximum atomic E-state index is 11.4. The standard InChI is InChI=1S/C18H19NO3/c1-2-19-16-9-8-15(10-14(16)11-17(19)18(20)21)22-12-13-6-4-3-5-7-13/h3-10,17H,2,11-12H2,1H3,(H,20,21). The van der Waals surface area contributed by atoms with Crippen LogP contribution in [0.1, 0.15) is 18.1 Å². The molecule has 3 rings (SSSR count). The molecule has 4 nitrogen and oxygen atoms in total. The molecule has 1 aliphatic rings. The molecule has 1 heterocycles. The van der Waals surface area contributed by atoms with Gasteiger partial charge in [0.2, 0.25) is 0 Å². The van der Waals surface area contributed by atoms with E-state index in [0.717, 1.165) is 22.6 Å². The molecule has 0 bridgehead atoms. The highest BCUT2D eigenvalue weighted by molar-refractivity contribution is 5.82. The number of carbonyl (C=O) groups is 1. The first kappa shape index (κ1) is 14.4. The second-order valence-electron chi connectivity index (χ2n) is 5.41. The van der Waals surface area contributed by atoms with E-state index in [1.807, 2.05) is 60.4 Å². The minimum atomic E-state index is -0.773. The van der Waals surface area contributed by atoms with Crippen molar-refractivity contribution < 1.29 is 14.6 Å². The minimum Gasteiger partial charge on any atom is -0.489 e. The zero-order valence-electron chi connectivity index (χ0n) is 12.5. The fourth-order valence-corrected chi connectivity index (χ4v) is 2.93. The molecule has 0 aliphatic carbocycles. The Morgan fingerprint density at radius 1 is 1.27 bits per heavy atom. The van der Waals surface area contributed by atoms with Gasteiger partial charge in [-0.3, -0.25) is 0 Å². The minimum absolute atomic E-state index is 0.468. The third kappa shape index (κ3) is 2.77. The Kier molecular flexibility index (Phi) is 4.00. The number of carboxylic acids is 1. The molecule has 0 saturated heterocycles. The van der Waals surface area contributed by atoms with Crippen LogP contribution in [0.4, 0.5) is 5.69 Å². The molecule has 1 N–H and O–H groups in total. The Bertz CT molecular complexity index is 669. The van der Waals surface area contributed by atoms with E-state index < -0.39 is 12.0 Å². The van der Waals surface area contributed by atoms with Crippen LogP contribution >= 0.6 is 0 Å². The molecule has 0 saturated carbocycles. The van der Waals surface area contributed by atoms with Gasteiger partial charge in [-0.25, -0.2) is 4.79 Å². The lowest BCUT2D eigenvalue weighted by Crippen LogP contribution is -2.38. The molecule has 0 spiro atoms. The lowest BCUT2D eigenvalue weighted by atomic mass is 10.1.